The highest BCUT2D eigenvalue weighted by molar-refractivity contribution is 5.54. The van der Waals surface area contributed by atoms with E-state index in [1.807, 2.05) is 25.1 Å². The molecule has 17 heavy (non-hydrogen) atoms. The summed E-state index contributed by atoms with van der Waals surface area (Å²) in [6, 6.07) is 8.08. The monoisotopic (exact) mass is 235 g/mol. The summed E-state index contributed by atoms with van der Waals surface area (Å²) in [7, 11) is 1.77. The molecule has 2 atom stereocenters. The highest BCUT2D eigenvalue weighted by Gasteiger charge is 2.22. The normalized spacial score (nSPS) is 22.5. The Morgan fingerprint density at radius 1 is 1.41 bits per heavy atom. The molecule has 0 saturated carbocycles. The first-order valence-electron chi connectivity index (χ1n) is 6.27. The van der Waals surface area contributed by atoms with Gasteiger partial charge < -0.3 is 14.7 Å². The summed E-state index contributed by atoms with van der Waals surface area (Å²) >= 11 is 0. The largest absolute Gasteiger partial charge is 0.389 e. The number of nitrogens with zero attached hydrogens (tertiary/aromatic N) is 1. The van der Waals surface area contributed by atoms with Crippen LogP contribution in [-0.2, 0) is 4.74 Å². The van der Waals surface area contributed by atoms with Crippen molar-refractivity contribution in [1.29, 1.82) is 0 Å². The molecule has 1 saturated heterocycles. The SMILES string of the molecule is COC1CCCN(c2ccccc2[C@@H](C)O)C1. The Hall–Kier alpha value is -1.06. The second-order valence-electron chi connectivity index (χ2n) is 4.68. The van der Waals surface area contributed by atoms with Gasteiger partial charge in [0.2, 0.25) is 0 Å². The summed E-state index contributed by atoms with van der Waals surface area (Å²) < 4.78 is 5.44. The van der Waals surface area contributed by atoms with Crippen molar-refractivity contribution >= 4 is 5.69 Å². The van der Waals surface area contributed by atoms with E-state index in [-0.39, 0.29) is 0 Å². The van der Waals surface area contributed by atoms with E-state index in [1.54, 1.807) is 7.11 Å². The molecular formula is C14H21NO2. The van der Waals surface area contributed by atoms with E-state index in [1.165, 1.54) is 0 Å². The van der Waals surface area contributed by atoms with Crippen LogP contribution in [0.3, 0.4) is 0 Å². The number of para-hydroxylation sites is 1. The van der Waals surface area contributed by atoms with Crippen molar-refractivity contribution in [3.05, 3.63) is 29.8 Å². The Labute approximate surface area is 103 Å². The molecule has 94 valence electrons. The van der Waals surface area contributed by atoms with Gasteiger partial charge >= 0.3 is 0 Å². The average Bonchev–Trinajstić information content (AvgIpc) is 2.39. The van der Waals surface area contributed by atoms with Gasteiger partial charge in [-0.1, -0.05) is 18.2 Å². The minimum Gasteiger partial charge on any atom is -0.389 e. The molecular weight excluding hydrogens is 214 g/mol. The lowest BCUT2D eigenvalue weighted by Crippen LogP contribution is -2.39. The first-order chi connectivity index (χ1) is 8.22. The zero-order chi connectivity index (χ0) is 12.3. The fraction of sp³-hybridized carbons (Fsp3) is 0.571. The van der Waals surface area contributed by atoms with Gasteiger partial charge in [0.15, 0.2) is 0 Å². The number of hydrogen-bond donors (Lipinski definition) is 1. The zero-order valence-corrected chi connectivity index (χ0v) is 10.6. The number of piperidine rings is 1. The molecule has 1 aromatic rings. The maximum absolute atomic E-state index is 9.80. The average molecular weight is 235 g/mol. The minimum atomic E-state index is -0.422. The molecule has 3 heteroatoms. The van der Waals surface area contributed by atoms with Gasteiger partial charge in [0, 0.05) is 31.5 Å². The van der Waals surface area contributed by atoms with Crippen molar-refractivity contribution < 1.29 is 9.84 Å². The van der Waals surface area contributed by atoms with Gasteiger partial charge in [-0.15, -0.1) is 0 Å². The maximum atomic E-state index is 9.80. The van der Waals surface area contributed by atoms with Gasteiger partial charge in [0.25, 0.3) is 0 Å². The van der Waals surface area contributed by atoms with Crippen LogP contribution in [0.2, 0.25) is 0 Å². The van der Waals surface area contributed by atoms with E-state index >= 15 is 0 Å². The van der Waals surface area contributed by atoms with Crippen LogP contribution in [0.1, 0.15) is 31.4 Å². The summed E-state index contributed by atoms with van der Waals surface area (Å²) in [6.07, 6.45) is 2.16. The molecule has 0 aromatic heterocycles. The van der Waals surface area contributed by atoms with Crippen LogP contribution in [0.4, 0.5) is 5.69 Å². The van der Waals surface area contributed by atoms with Crippen LogP contribution in [0.5, 0.6) is 0 Å². The molecule has 0 radical (unpaired) electrons. The third-order valence-electron chi connectivity index (χ3n) is 3.44. The number of aliphatic hydroxyl groups is 1. The lowest BCUT2D eigenvalue weighted by atomic mass is 10.0. The zero-order valence-electron chi connectivity index (χ0n) is 10.6. The van der Waals surface area contributed by atoms with Gasteiger partial charge in [-0.3, -0.25) is 0 Å². The maximum Gasteiger partial charge on any atom is 0.0781 e. The predicted octanol–water partition coefficient (Wildman–Crippen LogP) is 2.36. The van der Waals surface area contributed by atoms with Crippen LogP contribution >= 0.6 is 0 Å². The first-order valence-corrected chi connectivity index (χ1v) is 6.27. The van der Waals surface area contributed by atoms with E-state index in [2.05, 4.69) is 11.0 Å². The molecule has 1 heterocycles. The molecule has 1 aliphatic rings. The Morgan fingerprint density at radius 2 is 2.18 bits per heavy atom. The Bertz CT molecular complexity index is 365. The Kier molecular flexibility index (Phi) is 4.02. The van der Waals surface area contributed by atoms with Gasteiger partial charge in [0.05, 0.1) is 12.2 Å². The summed E-state index contributed by atoms with van der Waals surface area (Å²) in [6.45, 7) is 3.78. The van der Waals surface area contributed by atoms with Crippen molar-refractivity contribution in [1.82, 2.24) is 0 Å². The lowest BCUT2D eigenvalue weighted by Gasteiger charge is -2.35. The third kappa shape index (κ3) is 2.79. The van der Waals surface area contributed by atoms with Gasteiger partial charge in [-0.2, -0.15) is 0 Å². The Balaban J connectivity index is 2.21. The van der Waals surface area contributed by atoms with E-state index < -0.39 is 6.10 Å². The minimum absolute atomic E-state index is 0.311. The van der Waals surface area contributed by atoms with E-state index in [0.717, 1.165) is 37.2 Å². The number of anilines is 1. The summed E-state index contributed by atoms with van der Waals surface area (Å²) in [5.41, 5.74) is 2.15. The molecule has 1 fully saturated rings. The van der Waals surface area contributed by atoms with Crippen LogP contribution < -0.4 is 4.90 Å². The molecule has 0 bridgehead atoms. The molecule has 3 nitrogen and oxygen atoms in total. The second kappa shape index (κ2) is 5.52. The number of methoxy groups -OCH3 is 1. The van der Waals surface area contributed by atoms with Gasteiger partial charge in [0.1, 0.15) is 0 Å². The molecule has 2 rings (SSSR count). The number of aliphatic hydroxyl groups excluding tert-OH is 1. The number of benzene rings is 1. The summed E-state index contributed by atoms with van der Waals surface area (Å²) in [5, 5.41) is 9.80. The summed E-state index contributed by atoms with van der Waals surface area (Å²) in [4.78, 5) is 2.32. The lowest BCUT2D eigenvalue weighted by molar-refractivity contribution is 0.0891. The van der Waals surface area contributed by atoms with Crippen molar-refractivity contribution in [2.75, 3.05) is 25.1 Å². The van der Waals surface area contributed by atoms with Crippen LogP contribution in [0.25, 0.3) is 0 Å². The summed E-state index contributed by atoms with van der Waals surface area (Å²) in [5.74, 6) is 0. The molecule has 1 aromatic carbocycles. The number of hydrogen-bond acceptors (Lipinski definition) is 3. The number of rotatable bonds is 3. The van der Waals surface area contributed by atoms with Crippen molar-refractivity contribution in [2.24, 2.45) is 0 Å². The van der Waals surface area contributed by atoms with Crippen molar-refractivity contribution in [2.45, 2.75) is 32.0 Å². The van der Waals surface area contributed by atoms with Crippen molar-refractivity contribution in [3.8, 4) is 0 Å². The van der Waals surface area contributed by atoms with E-state index in [4.69, 9.17) is 4.74 Å². The smallest absolute Gasteiger partial charge is 0.0781 e. The molecule has 1 unspecified atom stereocenters. The fourth-order valence-electron chi connectivity index (χ4n) is 2.48. The number of ether oxygens (including phenoxy) is 1. The highest BCUT2D eigenvalue weighted by atomic mass is 16.5. The third-order valence-corrected chi connectivity index (χ3v) is 3.44. The van der Waals surface area contributed by atoms with Crippen LogP contribution in [0.15, 0.2) is 24.3 Å². The standard InChI is InChI=1S/C14H21NO2/c1-11(16)13-7-3-4-8-14(13)15-9-5-6-12(10-15)17-2/h3-4,7-8,11-12,16H,5-6,9-10H2,1-2H3/t11-,12?/m1/s1. The Morgan fingerprint density at radius 3 is 2.88 bits per heavy atom. The van der Waals surface area contributed by atoms with Crippen LogP contribution in [0, 0.1) is 0 Å². The van der Waals surface area contributed by atoms with Gasteiger partial charge in [-0.05, 0) is 25.8 Å². The van der Waals surface area contributed by atoms with E-state index in [9.17, 15) is 5.11 Å². The molecule has 1 aliphatic heterocycles. The van der Waals surface area contributed by atoms with Crippen molar-refractivity contribution in [3.63, 3.8) is 0 Å². The molecule has 0 aliphatic carbocycles. The van der Waals surface area contributed by atoms with E-state index in [0.29, 0.717) is 6.10 Å². The topological polar surface area (TPSA) is 32.7 Å². The fourth-order valence-corrected chi connectivity index (χ4v) is 2.48. The highest BCUT2D eigenvalue weighted by Crippen LogP contribution is 2.28. The predicted molar refractivity (Wildman–Crippen MR) is 69.3 cm³/mol. The molecule has 0 amide bonds. The molecule has 0 spiro atoms. The van der Waals surface area contributed by atoms with Gasteiger partial charge in [-0.25, -0.2) is 0 Å². The molecule has 1 N–H and O–H groups in total. The second-order valence-corrected chi connectivity index (χ2v) is 4.68. The van der Waals surface area contributed by atoms with Crippen LogP contribution in [-0.4, -0.2) is 31.4 Å². The first kappa shape index (κ1) is 12.4. The quantitative estimate of drug-likeness (QED) is 0.873.